The molecule has 0 unspecified atom stereocenters. The number of carbonyl (C=O) groups is 2. The molecular weight excluding hydrogens is 394 g/mol. The van der Waals surface area contributed by atoms with Crippen molar-refractivity contribution in [2.24, 2.45) is 0 Å². The van der Waals surface area contributed by atoms with Crippen LogP contribution in [0.4, 0.5) is 5.69 Å². The van der Waals surface area contributed by atoms with Crippen LogP contribution in [0.2, 0.25) is 0 Å². The third kappa shape index (κ3) is 4.51. The van der Waals surface area contributed by atoms with Crippen molar-refractivity contribution in [3.8, 4) is 0 Å². The largest absolute Gasteiger partial charge is 0.456 e. The molecule has 2 heterocycles. The van der Waals surface area contributed by atoms with Crippen LogP contribution in [-0.4, -0.2) is 21.3 Å². The number of nitrogens with one attached hydrogen (secondary N) is 1. The van der Waals surface area contributed by atoms with Crippen molar-refractivity contribution in [1.29, 1.82) is 0 Å². The Labute approximate surface area is 178 Å². The third-order valence-corrected chi connectivity index (χ3v) is 4.64. The predicted molar refractivity (Wildman–Crippen MR) is 116 cm³/mol. The molecule has 0 fully saturated rings. The van der Waals surface area contributed by atoms with E-state index in [1.54, 1.807) is 60.8 Å². The summed E-state index contributed by atoms with van der Waals surface area (Å²) in [5.74, 6) is -0.963. The predicted octanol–water partition coefficient (Wildman–Crippen LogP) is 3.61. The van der Waals surface area contributed by atoms with Gasteiger partial charge >= 0.3 is 5.97 Å². The minimum atomic E-state index is -0.630. The number of hydrogen-bond donors (Lipinski definition) is 1. The summed E-state index contributed by atoms with van der Waals surface area (Å²) < 4.78 is 6.81. The van der Waals surface area contributed by atoms with Gasteiger partial charge in [-0.05, 0) is 42.8 Å². The van der Waals surface area contributed by atoms with Gasteiger partial charge in [-0.3, -0.25) is 14.0 Å². The standard InChI is InChI=1S/C24H19N3O4/c1-16-11-12-21-25-18(13-22(28)27(21)14-16)15-31-24(30)19-9-5-6-10-20(19)26-23(29)17-7-3-2-4-8-17/h2-14H,15H2,1H3,(H,26,29). The highest BCUT2D eigenvalue weighted by Gasteiger charge is 2.16. The Morgan fingerprint density at radius 2 is 1.74 bits per heavy atom. The van der Waals surface area contributed by atoms with Crippen molar-refractivity contribution in [3.63, 3.8) is 0 Å². The minimum Gasteiger partial charge on any atom is -0.456 e. The topological polar surface area (TPSA) is 89.8 Å². The number of amides is 1. The Bertz CT molecular complexity index is 1330. The Balaban J connectivity index is 1.51. The molecule has 0 aliphatic rings. The molecule has 7 nitrogen and oxygen atoms in total. The van der Waals surface area contributed by atoms with Crippen molar-refractivity contribution < 1.29 is 14.3 Å². The van der Waals surface area contributed by atoms with E-state index in [9.17, 15) is 14.4 Å². The SMILES string of the molecule is Cc1ccc2nc(COC(=O)c3ccccc3NC(=O)c3ccccc3)cc(=O)n2c1. The zero-order chi connectivity index (χ0) is 21.8. The van der Waals surface area contributed by atoms with Crippen molar-refractivity contribution in [1.82, 2.24) is 9.38 Å². The molecule has 4 aromatic rings. The molecule has 0 saturated heterocycles. The van der Waals surface area contributed by atoms with Crippen molar-refractivity contribution in [2.45, 2.75) is 13.5 Å². The maximum Gasteiger partial charge on any atom is 0.340 e. The van der Waals surface area contributed by atoms with Gasteiger partial charge in [0.25, 0.3) is 11.5 Å². The van der Waals surface area contributed by atoms with Crippen LogP contribution in [0.3, 0.4) is 0 Å². The molecular formula is C24H19N3O4. The molecule has 0 spiro atoms. The number of fused-ring (bicyclic) bond motifs is 1. The van der Waals surface area contributed by atoms with Crippen molar-refractivity contribution >= 4 is 23.2 Å². The molecule has 7 heteroatoms. The Morgan fingerprint density at radius 1 is 1.00 bits per heavy atom. The lowest BCUT2D eigenvalue weighted by molar-refractivity contribution is 0.0469. The molecule has 154 valence electrons. The fraction of sp³-hybridized carbons (Fsp3) is 0.0833. The molecule has 0 aliphatic carbocycles. The quantitative estimate of drug-likeness (QED) is 0.505. The van der Waals surface area contributed by atoms with Crippen molar-refractivity contribution in [3.05, 3.63) is 112 Å². The number of aryl methyl sites for hydroxylation is 1. The molecule has 0 radical (unpaired) electrons. The lowest BCUT2D eigenvalue weighted by atomic mass is 10.1. The average Bonchev–Trinajstić information content (AvgIpc) is 2.79. The number of para-hydroxylation sites is 1. The van der Waals surface area contributed by atoms with Gasteiger partial charge in [0.2, 0.25) is 0 Å². The molecule has 2 aromatic heterocycles. The summed E-state index contributed by atoms with van der Waals surface area (Å²) in [6, 6.07) is 20.2. The highest BCUT2D eigenvalue weighted by atomic mass is 16.5. The van der Waals surface area contributed by atoms with Crippen LogP contribution in [-0.2, 0) is 11.3 Å². The minimum absolute atomic E-state index is 0.167. The third-order valence-electron chi connectivity index (χ3n) is 4.64. The number of rotatable bonds is 5. The van der Waals surface area contributed by atoms with E-state index in [0.29, 0.717) is 22.6 Å². The maximum absolute atomic E-state index is 12.7. The number of carbonyl (C=O) groups excluding carboxylic acids is 2. The summed E-state index contributed by atoms with van der Waals surface area (Å²) in [4.78, 5) is 41.8. The molecule has 2 aromatic carbocycles. The van der Waals surface area contributed by atoms with Gasteiger partial charge in [-0.15, -0.1) is 0 Å². The second-order valence-corrected chi connectivity index (χ2v) is 6.96. The van der Waals surface area contributed by atoms with Gasteiger partial charge in [-0.25, -0.2) is 9.78 Å². The van der Waals surface area contributed by atoms with Crippen LogP contribution >= 0.6 is 0 Å². The molecule has 0 saturated carbocycles. The van der Waals surface area contributed by atoms with Crippen LogP contribution in [0, 0.1) is 6.92 Å². The number of pyridine rings is 1. The first kappa shape index (κ1) is 20.0. The second-order valence-electron chi connectivity index (χ2n) is 6.96. The average molecular weight is 413 g/mol. The lowest BCUT2D eigenvalue weighted by Gasteiger charge is -2.11. The normalized spacial score (nSPS) is 10.6. The summed E-state index contributed by atoms with van der Waals surface area (Å²) in [6.07, 6.45) is 1.70. The summed E-state index contributed by atoms with van der Waals surface area (Å²) in [6.45, 7) is 1.72. The van der Waals surface area contributed by atoms with Crippen molar-refractivity contribution in [2.75, 3.05) is 5.32 Å². The van der Waals surface area contributed by atoms with Crippen LogP contribution in [0.1, 0.15) is 32.0 Å². The first-order valence-corrected chi connectivity index (χ1v) is 9.63. The van der Waals surface area contributed by atoms with Gasteiger partial charge in [0.1, 0.15) is 12.3 Å². The fourth-order valence-corrected chi connectivity index (χ4v) is 3.10. The van der Waals surface area contributed by atoms with E-state index in [1.165, 1.54) is 10.5 Å². The summed E-state index contributed by atoms with van der Waals surface area (Å²) in [5, 5.41) is 2.74. The number of benzene rings is 2. The molecule has 0 aliphatic heterocycles. The van der Waals surface area contributed by atoms with E-state index < -0.39 is 5.97 Å². The number of ether oxygens (including phenoxy) is 1. The molecule has 1 N–H and O–H groups in total. The van der Waals surface area contributed by atoms with Gasteiger partial charge in [0.05, 0.1) is 16.9 Å². The smallest absolute Gasteiger partial charge is 0.340 e. The highest BCUT2D eigenvalue weighted by molar-refractivity contribution is 6.07. The molecule has 0 bridgehead atoms. The first-order chi connectivity index (χ1) is 15.0. The van der Waals surface area contributed by atoms with Gasteiger partial charge in [0, 0.05) is 17.8 Å². The summed E-state index contributed by atoms with van der Waals surface area (Å²) >= 11 is 0. The van der Waals surface area contributed by atoms with Gasteiger partial charge in [-0.1, -0.05) is 36.4 Å². The van der Waals surface area contributed by atoms with Crippen LogP contribution in [0.15, 0.2) is 83.8 Å². The van der Waals surface area contributed by atoms with E-state index in [4.69, 9.17) is 4.74 Å². The number of esters is 1. The molecule has 1 amide bonds. The Hall–Kier alpha value is -4.26. The van der Waals surface area contributed by atoms with Gasteiger partial charge in [0.15, 0.2) is 0 Å². The van der Waals surface area contributed by atoms with E-state index in [-0.39, 0.29) is 23.6 Å². The zero-order valence-corrected chi connectivity index (χ0v) is 16.7. The molecule has 4 rings (SSSR count). The van der Waals surface area contributed by atoms with Gasteiger partial charge < -0.3 is 10.1 Å². The van der Waals surface area contributed by atoms with Gasteiger partial charge in [-0.2, -0.15) is 0 Å². The van der Waals surface area contributed by atoms with Crippen LogP contribution in [0.25, 0.3) is 5.65 Å². The molecule has 0 atom stereocenters. The van der Waals surface area contributed by atoms with E-state index in [1.807, 2.05) is 19.1 Å². The Kier molecular flexibility index (Phi) is 5.57. The Morgan fingerprint density at radius 3 is 2.55 bits per heavy atom. The molecule has 31 heavy (non-hydrogen) atoms. The number of nitrogens with zero attached hydrogens (tertiary/aromatic N) is 2. The number of anilines is 1. The zero-order valence-electron chi connectivity index (χ0n) is 16.7. The lowest BCUT2D eigenvalue weighted by Crippen LogP contribution is -2.18. The second kappa shape index (κ2) is 8.62. The van der Waals surface area contributed by atoms with E-state index in [2.05, 4.69) is 10.3 Å². The van der Waals surface area contributed by atoms with E-state index >= 15 is 0 Å². The summed E-state index contributed by atoms with van der Waals surface area (Å²) in [7, 11) is 0. The maximum atomic E-state index is 12.7. The summed E-state index contributed by atoms with van der Waals surface area (Å²) in [5.41, 5.74) is 2.51. The van der Waals surface area contributed by atoms with Crippen LogP contribution in [0.5, 0.6) is 0 Å². The fourth-order valence-electron chi connectivity index (χ4n) is 3.10. The number of aromatic nitrogens is 2. The highest BCUT2D eigenvalue weighted by Crippen LogP contribution is 2.18. The number of hydrogen-bond acceptors (Lipinski definition) is 5. The first-order valence-electron chi connectivity index (χ1n) is 9.63. The van der Waals surface area contributed by atoms with Crippen LogP contribution < -0.4 is 10.9 Å². The van der Waals surface area contributed by atoms with E-state index in [0.717, 1.165) is 5.56 Å². The monoisotopic (exact) mass is 413 g/mol.